The van der Waals surface area contributed by atoms with Crippen molar-refractivity contribution >= 4 is 5.91 Å². The first-order valence-electron chi connectivity index (χ1n) is 6.76. The Kier molecular flexibility index (Phi) is 2.86. The third-order valence-electron chi connectivity index (χ3n) is 4.33. The Morgan fingerprint density at radius 3 is 3.00 bits per heavy atom. The lowest BCUT2D eigenvalue weighted by Crippen LogP contribution is -2.39. The van der Waals surface area contributed by atoms with Crippen molar-refractivity contribution in [1.82, 2.24) is 10.2 Å². The molecule has 0 aromatic heterocycles. The highest BCUT2D eigenvalue weighted by Gasteiger charge is 2.40. The zero-order valence-electron chi connectivity index (χ0n) is 11.1. The molecule has 0 aliphatic carbocycles. The number of carbonyl (C=O) groups is 1. The second-order valence-corrected chi connectivity index (χ2v) is 5.59. The van der Waals surface area contributed by atoms with E-state index >= 15 is 0 Å². The van der Waals surface area contributed by atoms with Crippen LogP contribution in [0.4, 0.5) is 0 Å². The molecular formula is C15H20N2O. The molecule has 0 saturated carbocycles. The average molecular weight is 244 g/mol. The molecule has 2 aliphatic heterocycles. The zero-order valence-corrected chi connectivity index (χ0v) is 11.1. The molecule has 2 saturated heterocycles. The van der Waals surface area contributed by atoms with Crippen LogP contribution in [-0.4, -0.2) is 36.5 Å². The van der Waals surface area contributed by atoms with Crippen LogP contribution in [0.2, 0.25) is 0 Å². The van der Waals surface area contributed by atoms with E-state index in [1.165, 1.54) is 0 Å². The van der Waals surface area contributed by atoms with Gasteiger partial charge in [-0.05, 0) is 37.8 Å². The van der Waals surface area contributed by atoms with E-state index in [1.807, 2.05) is 26.0 Å². The highest BCUT2D eigenvalue weighted by Crippen LogP contribution is 2.29. The van der Waals surface area contributed by atoms with Crippen molar-refractivity contribution in [3.8, 4) is 0 Å². The van der Waals surface area contributed by atoms with Gasteiger partial charge in [0.2, 0.25) is 0 Å². The van der Waals surface area contributed by atoms with E-state index in [4.69, 9.17) is 0 Å². The number of rotatable bonds is 1. The van der Waals surface area contributed by atoms with Crippen molar-refractivity contribution in [3.63, 3.8) is 0 Å². The first kappa shape index (κ1) is 11.7. The lowest BCUT2D eigenvalue weighted by atomic mass is 10.0. The van der Waals surface area contributed by atoms with E-state index in [9.17, 15) is 4.79 Å². The van der Waals surface area contributed by atoms with Gasteiger partial charge in [0, 0.05) is 31.2 Å². The van der Waals surface area contributed by atoms with Gasteiger partial charge in [0.05, 0.1) is 0 Å². The van der Waals surface area contributed by atoms with Gasteiger partial charge < -0.3 is 10.2 Å². The number of likely N-dealkylation sites (tertiary alicyclic amines) is 1. The molecule has 3 nitrogen and oxygen atoms in total. The van der Waals surface area contributed by atoms with Gasteiger partial charge in [0.1, 0.15) is 0 Å². The Balaban J connectivity index is 1.88. The van der Waals surface area contributed by atoms with Crippen molar-refractivity contribution in [2.45, 2.75) is 26.3 Å². The fraction of sp³-hybridized carbons (Fsp3) is 0.533. The van der Waals surface area contributed by atoms with Gasteiger partial charge in [-0.2, -0.15) is 0 Å². The third kappa shape index (κ3) is 1.83. The number of carbonyl (C=O) groups excluding carboxylic acids is 1. The molecule has 2 aliphatic rings. The minimum Gasteiger partial charge on any atom is -0.334 e. The zero-order chi connectivity index (χ0) is 12.7. The lowest BCUT2D eigenvalue weighted by Gasteiger charge is -2.24. The lowest BCUT2D eigenvalue weighted by molar-refractivity contribution is 0.0736. The van der Waals surface area contributed by atoms with Gasteiger partial charge in [0.15, 0.2) is 0 Å². The Morgan fingerprint density at radius 2 is 2.17 bits per heavy atom. The van der Waals surface area contributed by atoms with Crippen molar-refractivity contribution < 1.29 is 4.79 Å². The van der Waals surface area contributed by atoms with Crippen LogP contribution in [0.5, 0.6) is 0 Å². The summed E-state index contributed by atoms with van der Waals surface area (Å²) in [5.74, 6) is 0.881. The highest BCUT2D eigenvalue weighted by atomic mass is 16.2. The second-order valence-electron chi connectivity index (χ2n) is 5.59. The number of benzene rings is 1. The predicted molar refractivity (Wildman–Crippen MR) is 71.7 cm³/mol. The third-order valence-corrected chi connectivity index (χ3v) is 4.33. The number of nitrogens with zero attached hydrogens (tertiary/aromatic N) is 1. The minimum atomic E-state index is 0.215. The summed E-state index contributed by atoms with van der Waals surface area (Å²) in [7, 11) is 0. The number of hydrogen-bond acceptors (Lipinski definition) is 2. The number of aryl methyl sites for hydroxylation is 2. The molecule has 1 aromatic carbocycles. The molecule has 0 radical (unpaired) electrons. The number of fused-ring (bicyclic) bond motifs is 1. The SMILES string of the molecule is Cc1ccc(C)c(C(=O)N2CC[C@H]3CNC[C@H]32)c1. The average Bonchev–Trinajstić information content (AvgIpc) is 2.93. The van der Waals surface area contributed by atoms with Crippen LogP contribution in [0.1, 0.15) is 27.9 Å². The summed E-state index contributed by atoms with van der Waals surface area (Å²) in [6, 6.07) is 6.55. The van der Waals surface area contributed by atoms with Gasteiger partial charge in [-0.15, -0.1) is 0 Å². The van der Waals surface area contributed by atoms with Crippen molar-refractivity contribution in [1.29, 1.82) is 0 Å². The van der Waals surface area contributed by atoms with E-state index < -0.39 is 0 Å². The number of amides is 1. The van der Waals surface area contributed by atoms with Gasteiger partial charge in [-0.3, -0.25) is 4.79 Å². The van der Waals surface area contributed by atoms with Crippen LogP contribution >= 0.6 is 0 Å². The fourth-order valence-electron chi connectivity index (χ4n) is 3.22. The largest absolute Gasteiger partial charge is 0.334 e. The van der Waals surface area contributed by atoms with E-state index in [1.54, 1.807) is 0 Å². The van der Waals surface area contributed by atoms with E-state index in [0.29, 0.717) is 12.0 Å². The maximum Gasteiger partial charge on any atom is 0.254 e. The topological polar surface area (TPSA) is 32.3 Å². The molecule has 0 unspecified atom stereocenters. The van der Waals surface area contributed by atoms with Crippen LogP contribution in [-0.2, 0) is 0 Å². The van der Waals surface area contributed by atoms with E-state index in [2.05, 4.69) is 16.3 Å². The summed E-state index contributed by atoms with van der Waals surface area (Å²) in [5, 5.41) is 3.39. The molecule has 1 amide bonds. The van der Waals surface area contributed by atoms with Crippen LogP contribution < -0.4 is 5.32 Å². The molecule has 3 rings (SSSR count). The molecule has 0 spiro atoms. The highest BCUT2D eigenvalue weighted by molar-refractivity contribution is 5.96. The first-order chi connectivity index (χ1) is 8.66. The molecular weight excluding hydrogens is 224 g/mol. The first-order valence-corrected chi connectivity index (χ1v) is 6.76. The molecule has 2 fully saturated rings. The number of hydrogen-bond donors (Lipinski definition) is 1. The van der Waals surface area contributed by atoms with Gasteiger partial charge in [-0.25, -0.2) is 0 Å². The maximum absolute atomic E-state index is 12.7. The Morgan fingerprint density at radius 1 is 1.33 bits per heavy atom. The maximum atomic E-state index is 12.7. The molecule has 3 heteroatoms. The molecule has 96 valence electrons. The summed E-state index contributed by atoms with van der Waals surface area (Å²) in [4.78, 5) is 14.7. The van der Waals surface area contributed by atoms with Crippen molar-refractivity contribution in [3.05, 3.63) is 34.9 Å². The standard InChI is InChI=1S/C15H20N2O/c1-10-3-4-11(2)13(7-10)15(18)17-6-5-12-8-16-9-14(12)17/h3-4,7,12,14,16H,5-6,8-9H2,1-2H3/t12-,14+/m0/s1. The van der Waals surface area contributed by atoms with E-state index in [-0.39, 0.29) is 5.91 Å². The van der Waals surface area contributed by atoms with Gasteiger partial charge in [0.25, 0.3) is 5.91 Å². The minimum absolute atomic E-state index is 0.215. The summed E-state index contributed by atoms with van der Waals surface area (Å²) in [6.07, 6.45) is 1.15. The van der Waals surface area contributed by atoms with Crippen LogP contribution in [0, 0.1) is 19.8 Å². The number of nitrogens with one attached hydrogen (secondary N) is 1. The molecule has 1 N–H and O–H groups in total. The smallest absolute Gasteiger partial charge is 0.254 e. The normalized spacial score (nSPS) is 26.4. The van der Waals surface area contributed by atoms with Gasteiger partial charge >= 0.3 is 0 Å². The summed E-state index contributed by atoms with van der Waals surface area (Å²) in [6.45, 7) is 7.01. The summed E-state index contributed by atoms with van der Waals surface area (Å²) in [5.41, 5.74) is 3.12. The molecule has 2 atom stereocenters. The van der Waals surface area contributed by atoms with Crippen LogP contribution in [0.25, 0.3) is 0 Å². The molecule has 0 bridgehead atoms. The molecule has 2 heterocycles. The van der Waals surface area contributed by atoms with E-state index in [0.717, 1.165) is 42.7 Å². The van der Waals surface area contributed by atoms with Crippen LogP contribution in [0.15, 0.2) is 18.2 Å². The monoisotopic (exact) mass is 244 g/mol. The Bertz CT molecular complexity index is 483. The summed E-state index contributed by atoms with van der Waals surface area (Å²) < 4.78 is 0. The van der Waals surface area contributed by atoms with Crippen molar-refractivity contribution in [2.75, 3.05) is 19.6 Å². The second kappa shape index (κ2) is 4.39. The Hall–Kier alpha value is -1.35. The fourth-order valence-corrected chi connectivity index (χ4v) is 3.22. The van der Waals surface area contributed by atoms with Crippen molar-refractivity contribution in [2.24, 2.45) is 5.92 Å². The summed E-state index contributed by atoms with van der Waals surface area (Å²) >= 11 is 0. The molecule has 18 heavy (non-hydrogen) atoms. The predicted octanol–water partition coefficient (Wildman–Crippen LogP) is 1.74. The van der Waals surface area contributed by atoms with Gasteiger partial charge in [-0.1, -0.05) is 17.7 Å². The molecule has 1 aromatic rings. The quantitative estimate of drug-likeness (QED) is 0.816. The Labute approximate surface area is 108 Å². The van der Waals surface area contributed by atoms with Crippen LogP contribution in [0.3, 0.4) is 0 Å².